The second kappa shape index (κ2) is 8.21. The van der Waals surface area contributed by atoms with Gasteiger partial charge in [-0.3, -0.25) is 25.0 Å². The van der Waals surface area contributed by atoms with E-state index < -0.39 is 50.4 Å². The van der Waals surface area contributed by atoms with Gasteiger partial charge in [-0.05, 0) is 24.3 Å². The van der Waals surface area contributed by atoms with Crippen LogP contribution in [0.25, 0.3) is 0 Å². The van der Waals surface area contributed by atoms with Crippen molar-refractivity contribution >= 4 is 34.7 Å². The molecule has 28 heavy (non-hydrogen) atoms. The van der Waals surface area contributed by atoms with E-state index in [2.05, 4.69) is 5.32 Å². The number of rotatable bonds is 6. The van der Waals surface area contributed by atoms with Gasteiger partial charge in [-0.15, -0.1) is 11.8 Å². The van der Waals surface area contributed by atoms with E-state index in [4.69, 9.17) is 0 Å². The number of nitrogens with one attached hydrogen (secondary N) is 1. The molecule has 13 heteroatoms. The molecule has 8 nitrogen and oxygen atoms in total. The first-order chi connectivity index (χ1) is 13.0. The molecule has 0 atom stereocenters. The van der Waals surface area contributed by atoms with Crippen LogP contribution in [-0.4, -0.2) is 21.5 Å². The van der Waals surface area contributed by atoms with Crippen molar-refractivity contribution in [2.24, 2.45) is 0 Å². The van der Waals surface area contributed by atoms with Crippen molar-refractivity contribution < 1.29 is 32.2 Å². The number of hydrogen-bond acceptors (Lipinski definition) is 6. The number of thioether (sulfide) groups is 1. The number of anilines is 1. The van der Waals surface area contributed by atoms with Crippen LogP contribution < -0.4 is 5.32 Å². The highest BCUT2D eigenvalue weighted by Gasteiger charge is 2.33. The number of halogens is 4. The Hall–Kier alpha value is -3.22. The molecule has 0 aliphatic carbocycles. The number of carbonyl (C=O) groups is 1. The van der Waals surface area contributed by atoms with Crippen LogP contribution >= 0.6 is 11.8 Å². The normalized spacial score (nSPS) is 11.1. The summed E-state index contributed by atoms with van der Waals surface area (Å²) in [5.41, 5.74) is -2.96. The first kappa shape index (κ1) is 21.1. The minimum atomic E-state index is -4.76. The average molecular weight is 419 g/mol. The largest absolute Gasteiger partial charge is 0.416 e. The Kier molecular flexibility index (Phi) is 6.18. The summed E-state index contributed by atoms with van der Waals surface area (Å²) in [4.78, 5) is 31.4. The van der Waals surface area contributed by atoms with Crippen LogP contribution in [0.2, 0.25) is 0 Å². The van der Waals surface area contributed by atoms with Gasteiger partial charge in [0.05, 0.1) is 26.1 Å². The summed E-state index contributed by atoms with van der Waals surface area (Å²) in [5.74, 6) is -2.28. The molecule has 0 bridgehead atoms. The van der Waals surface area contributed by atoms with Gasteiger partial charge in [0.2, 0.25) is 11.7 Å². The number of alkyl halides is 3. The third kappa shape index (κ3) is 5.16. The van der Waals surface area contributed by atoms with Crippen molar-refractivity contribution in [3.8, 4) is 0 Å². The van der Waals surface area contributed by atoms with Gasteiger partial charge in [-0.1, -0.05) is 0 Å². The quantitative estimate of drug-likeness (QED) is 0.321. The summed E-state index contributed by atoms with van der Waals surface area (Å²) in [7, 11) is 0. The maximum Gasteiger partial charge on any atom is 0.416 e. The van der Waals surface area contributed by atoms with Crippen LogP contribution in [0.1, 0.15) is 5.56 Å². The Morgan fingerprint density at radius 2 is 1.68 bits per heavy atom. The fourth-order valence-electron chi connectivity index (χ4n) is 2.03. The van der Waals surface area contributed by atoms with Crippen molar-refractivity contribution in [1.29, 1.82) is 0 Å². The SMILES string of the molecule is O=C(CSc1ccc(C(F)(F)F)cc1[N+](=O)[O-])Nc1ccc(F)c([N+](=O)[O-])c1. The molecular weight excluding hydrogens is 410 g/mol. The topological polar surface area (TPSA) is 115 Å². The average Bonchev–Trinajstić information content (AvgIpc) is 2.60. The van der Waals surface area contributed by atoms with Crippen LogP contribution in [0.3, 0.4) is 0 Å². The molecule has 2 rings (SSSR count). The highest BCUT2D eigenvalue weighted by Crippen LogP contribution is 2.36. The van der Waals surface area contributed by atoms with Gasteiger partial charge in [-0.25, -0.2) is 0 Å². The molecule has 0 heterocycles. The number of benzene rings is 2. The Balaban J connectivity index is 2.12. The lowest BCUT2D eigenvalue weighted by atomic mass is 10.2. The summed E-state index contributed by atoms with van der Waals surface area (Å²) in [6.07, 6.45) is -4.76. The molecule has 0 saturated heterocycles. The zero-order valence-corrected chi connectivity index (χ0v) is 14.3. The standard InChI is InChI=1S/C15H9F4N3O5S/c16-10-3-2-9(6-11(10)21(24)25)20-14(23)7-28-13-4-1-8(15(17,18)19)5-12(13)22(26)27/h1-6H,7H2,(H,20,23). The molecule has 0 spiro atoms. The minimum absolute atomic E-state index is 0.0828. The summed E-state index contributed by atoms with van der Waals surface area (Å²) in [6, 6.07) is 4.54. The molecule has 0 fully saturated rings. The molecule has 2 aromatic carbocycles. The van der Waals surface area contributed by atoms with Gasteiger partial charge in [0, 0.05) is 17.8 Å². The van der Waals surface area contributed by atoms with Gasteiger partial charge >= 0.3 is 11.9 Å². The number of amides is 1. The molecule has 0 radical (unpaired) electrons. The van der Waals surface area contributed by atoms with E-state index in [9.17, 15) is 42.6 Å². The van der Waals surface area contributed by atoms with Crippen molar-refractivity contribution in [2.75, 3.05) is 11.1 Å². The van der Waals surface area contributed by atoms with Crippen LogP contribution in [-0.2, 0) is 11.0 Å². The lowest BCUT2D eigenvalue weighted by Crippen LogP contribution is -2.14. The van der Waals surface area contributed by atoms with E-state index in [1.807, 2.05) is 0 Å². The Morgan fingerprint density at radius 1 is 1.04 bits per heavy atom. The lowest BCUT2D eigenvalue weighted by molar-refractivity contribution is -0.388. The highest BCUT2D eigenvalue weighted by atomic mass is 32.2. The fourth-order valence-corrected chi connectivity index (χ4v) is 2.83. The van der Waals surface area contributed by atoms with Gasteiger partial charge in [0.15, 0.2) is 0 Å². The summed E-state index contributed by atoms with van der Waals surface area (Å²) < 4.78 is 51.3. The molecule has 0 unspecified atom stereocenters. The van der Waals surface area contributed by atoms with Crippen molar-refractivity contribution in [3.63, 3.8) is 0 Å². The first-order valence-corrected chi connectivity index (χ1v) is 8.20. The van der Waals surface area contributed by atoms with E-state index in [-0.39, 0.29) is 10.6 Å². The van der Waals surface area contributed by atoms with Crippen LogP contribution in [0.4, 0.5) is 34.6 Å². The van der Waals surface area contributed by atoms with Gasteiger partial charge < -0.3 is 5.32 Å². The van der Waals surface area contributed by atoms with E-state index >= 15 is 0 Å². The number of carbonyl (C=O) groups excluding carboxylic acids is 1. The van der Waals surface area contributed by atoms with Gasteiger partial charge in [0.25, 0.3) is 5.69 Å². The van der Waals surface area contributed by atoms with Crippen molar-refractivity contribution in [3.05, 3.63) is 68.0 Å². The van der Waals surface area contributed by atoms with E-state index in [0.29, 0.717) is 23.9 Å². The van der Waals surface area contributed by atoms with E-state index in [1.54, 1.807) is 0 Å². The molecule has 148 valence electrons. The van der Waals surface area contributed by atoms with E-state index in [1.165, 1.54) is 0 Å². The number of nitro groups is 2. The summed E-state index contributed by atoms with van der Waals surface area (Å²) in [6.45, 7) is 0. The Bertz CT molecular complexity index is 952. The molecule has 0 aliphatic rings. The monoisotopic (exact) mass is 419 g/mol. The van der Waals surface area contributed by atoms with E-state index in [0.717, 1.165) is 24.3 Å². The predicted molar refractivity (Wildman–Crippen MR) is 90.5 cm³/mol. The fraction of sp³-hybridized carbons (Fsp3) is 0.133. The van der Waals surface area contributed by atoms with Gasteiger partial charge in [-0.2, -0.15) is 17.6 Å². The first-order valence-electron chi connectivity index (χ1n) is 7.21. The van der Waals surface area contributed by atoms with Gasteiger partial charge in [0.1, 0.15) is 0 Å². The van der Waals surface area contributed by atoms with Crippen LogP contribution in [0.15, 0.2) is 41.3 Å². The third-order valence-corrected chi connectivity index (χ3v) is 4.33. The Labute approximate surface area is 157 Å². The minimum Gasteiger partial charge on any atom is -0.325 e. The van der Waals surface area contributed by atoms with Crippen LogP contribution in [0, 0.1) is 26.0 Å². The summed E-state index contributed by atoms with van der Waals surface area (Å²) >= 11 is 0.607. The Morgan fingerprint density at radius 3 is 2.25 bits per heavy atom. The molecular formula is C15H9F4N3O5S. The molecule has 0 saturated carbocycles. The lowest BCUT2D eigenvalue weighted by Gasteiger charge is -2.09. The maximum atomic E-state index is 13.3. The maximum absolute atomic E-state index is 13.3. The predicted octanol–water partition coefficient (Wildman–Crippen LogP) is 4.39. The molecule has 0 aromatic heterocycles. The van der Waals surface area contributed by atoms with Crippen molar-refractivity contribution in [1.82, 2.24) is 0 Å². The second-order valence-electron chi connectivity index (χ2n) is 5.20. The molecule has 2 aromatic rings. The molecule has 1 N–H and O–H groups in total. The third-order valence-electron chi connectivity index (χ3n) is 3.27. The van der Waals surface area contributed by atoms with Crippen LogP contribution in [0.5, 0.6) is 0 Å². The second-order valence-corrected chi connectivity index (χ2v) is 6.21. The molecule has 0 aliphatic heterocycles. The van der Waals surface area contributed by atoms with Crippen molar-refractivity contribution in [2.45, 2.75) is 11.1 Å². The number of hydrogen-bond donors (Lipinski definition) is 1. The smallest absolute Gasteiger partial charge is 0.325 e. The number of nitrogens with zero attached hydrogens (tertiary/aromatic N) is 2. The zero-order chi connectivity index (χ0) is 21.1. The summed E-state index contributed by atoms with van der Waals surface area (Å²) in [5, 5.41) is 23.9. The number of nitro benzene ring substituents is 2. The zero-order valence-electron chi connectivity index (χ0n) is 13.5. The highest BCUT2D eigenvalue weighted by molar-refractivity contribution is 8.00. The molecule has 1 amide bonds.